The van der Waals surface area contributed by atoms with Gasteiger partial charge in [0.15, 0.2) is 0 Å². The number of unbranched alkanes of at least 4 members (excludes halogenated alkanes) is 3. The normalized spacial score (nSPS) is 10.5. The lowest BCUT2D eigenvalue weighted by Crippen LogP contribution is -1.89. The largest absolute Gasteiger partial charge is 0.537 e. The summed E-state index contributed by atoms with van der Waals surface area (Å²) >= 11 is 0. The summed E-state index contributed by atoms with van der Waals surface area (Å²) in [7, 11) is -0.904. The molecule has 0 aliphatic rings. The van der Waals surface area contributed by atoms with Crippen molar-refractivity contribution in [3.05, 3.63) is 0 Å². The first-order chi connectivity index (χ1) is 6.68. The van der Waals surface area contributed by atoms with Crippen molar-refractivity contribution in [1.29, 1.82) is 0 Å². The summed E-state index contributed by atoms with van der Waals surface area (Å²) in [4.78, 5) is 0. The van der Waals surface area contributed by atoms with E-state index in [9.17, 15) is 4.57 Å². The number of rotatable bonds is 6. The molecule has 0 unspecified atom stereocenters. The number of phosphoric acid groups is 1. The van der Waals surface area contributed by atoms with Gasteiger partial charge in [-0.05, 0) is 6.42 Å². The van der Waals surface area contributed by atoms with Crippen molar-refractivity contribution >= 4 is 7.82 Å². The molecule has 0 heterocycles. The molecule has 0 saturated heterocycles. The highest BCUT2D eigenvalue weighted by Gasteiger charge is 2.22. The van der Waals surface area contributed by atoms with Crippen molar-refractivity contribution < 1.29 is 18.1 Å². The van der Waals surface area contributed by atoms with Crippen LogP contribution in [0.25, 0.3) is 0 Å². The van der Waals surface area contributed by atoms with Crippen molar-refractivity contribution in [3.63, 3.8) is 0 Å². The van der Waals surface area contributed by atoms with Crippen LogP contribution in [0, 0.1) is 12.0 Å². The van der Waals surface area contributed by atoms with Crippen LogP contribution in [0.1, 0.15) is 32.6 Å². The van der Waals surface area contributed by atoms with E-state index in [1.165, 1.54) is 14.2 Å². The van der Waals surface area contributed by atoms with Gasteiger partial charge in [-0.3, -0.25) is 9.05 Å². The van der Waals surface area contributed by atoms with Crippen molar-refractivity contribution in [1.82, 2.24) is 0 Å². The van der Waals surface area contributed by atoms with Crippen molar-refractivity contribution in [2.75, 3.05) is 14.2 Å². The summed E-state index contributed by atoms with van der Waals surface area (Å²) in [6.07, 6.45) is 6.38. The topological polar surface area (TPSA) is 44.8 Å². The number of phosphoric ester groups is 1. The zero-order valence-corrected chi connectivity index (χ0v) is 9.80. The fraction of sp³-hybridized carbons (Fsp3) is 0.778. The fourth-order valence-corrected chi connectivity index (χ4v) is 1.23. The van der Waals surface area contributed by atoms with E-state index in [2.05, 4.69) is 32.5 Å². The smallest absolute Gasteiger partial charge is 0.350 e. The highest BCUT2D eigenvalue weighted by Crippen LogP contribution is 2.46. The molecule has 0 atom stereocenters. The van der Waals surface area contributed by atoms with Gasteiger partial charge in [-0.1, -0.05) is 25.7 Å². The molecule has 5 heteroatoms. The molecule has 0 aromatic heterocycles. The lowest BCUT2D eigenvalue weighted by Gasteiger charge is -2.07. The number of hydrogen-bond acceptors (Lipinski definition) is 4. The lowest BCUT2D eigenvalue weighted by molar-refractivity contribution is 0.201. The van der Waals surface area contributed by atoms with Crippen LogP contribution in [0.15, 0.2) is 0 Å². The van der Waals surface area contributed by atoms with Crippen LogP contribution < -0.4 is 0 Å². The van der Waals surface area contributed by atoms with E-state index >= 15 is 0 Å². The average molecular weight is 220 g/mol. The van der Waals surface area contributed by atoms with Gasteiger partial charge in [0.25, 0.3) is 0 Å². The van der Waals surface area contributed by atoms with E-state index in [0.29, 0.717) is 0 Å². The molecule has 0 aromatic rings. The maximum atomic E-state index is 11.3. The van der Waals surface area contributed by atoms with E-state index < -0.39 is 7.82 Å². The minimum atomic E-state index is -3.41. The second-order valence-corrected chi connectivity index (χ2v) is 4.45. The quantitative estimate of drug-likeness (QED) is 0.392. The molecule has 0 saturated carbocycles. The molecule has 82 valence electrons. The first-order valence-electron chi connectivity index (χ1n) is 4.56. The Kier molecular flexibility index (Phi) is 7.60. The first-order valence-corrected chi connectivity index (χ1v) is 6.02. The summed E-state index contributed by atoms with van der Waals surface area (Å²) in [5.74, 6) is 2.74. The van der Waals surface area contributed by atoms with Gasteiger partial charge in [-0.2, -0.15) is 0 Å². The predicted octanol–water partition coefficient (Wildman–Crippen LogP) is 2.95. The van der Waals surface area contributed by atoms with Gasteiger partial charge in [0.2, 0.25) is 0 Å². The van der Waals surface area contributed by atoms with Crippen LogP contribution in [0.5, 0.6) is 0 Å². The standard InChI is InChI=1S/C9H17O4P/c1-4-5-6-7-8-9-13-14(10,11-2)12-3/h4-7H2,1-3H3. The van der Waals surface area contributed by atoms with E-state index in [0.717, 1.165) is 25.7 Å². The molecular formula is C9H17O4P. The molecule has 0 radical (unpaired) electrons. The summed E-state index contributed by atoms with van der Waals surface area (Å²) < 4.78 is 25.0. The Hall–Kier alpha value is -0.490. The maximum Gasteiger partial charge on any atom is 0.537 e. The second kappa shape index (κ2) is 7.87. The minimum Gasteiger partial charge on any atom is -0.350 e. The molecular weight excluding hydrogens is 203 g/mol. The molecule has 0 spiro atoms. The Morgan fingerprint density at radius 3 is 2.36 bits per heavy atom. The highest BCUT2D eigenvalue weighted by atomic mass is 31.2. The third kappa shape index (κ3) is 6.04. The Labute approximate surface area is 85.5 Å². The molecule has 4 nitrogen and oxygen atoms in total. The van der Waals surface area contributed by atoms with Crippen LogP contribution in [0.3, 0.4) is 0 Å². The predicted molar refractivity (Wildman–Crippen MR) is 54.6 cm³/mol. The number of hydrogen-bond donors (Lipinski definition) is 0. The molecule has 0 amide bonds. The van der Waals surface area contributed by atoms with Crippen molar-refractivity contribution in [2.45, 2.75) is 32.6 Å². The van der Waals surface area contributed by atoms with Crippen molar-refractivity contribution in [3.8, 4) is 12.0 Å². The van der Waals surface area contributed by atoms with Gasteiger partial charge in [0.1, 0.15) is 6.11 Å². The molecule has 0 aliphatic carbocycles. The SMILES string of the molecule is CCCCCC#COP(=O)(OC)OC. The monoisotopic (exact) mass is 220 g/mol. The van der Waals surface area contributed by atoms with Crippen LogP contribution >= 0.6 is 7.82 Å². The average Bonchev–Trinajstić information content (AvgIpc) is 2.23. The van der Waals surface area contributed by atoms with Gasteiger partial charge in [0, 0.05) is 20.6 Å². The third-order valence-corrected chi connectivity index (χ3v) is 2.79. The maximum absolute atomic E-state index is 11.3. The minimum absolute atomic E-state index is 0.737. The lowest BCUT2D eigenvalue weighted by atomic mass is 10.2. The van der Waals surface area contributed by atoms with Gasteiger partial charge in [-0.25, -0.2) is 4.57 Å². The van der Waals surface area contributed by atoms with Gasteiger partial charge >= 0.3 is 7.82 Å². The zero-order valence-electron chi connectivity index (χ0n) is 8.91. The van der Waals surface area contributed by atoms with E-state index in [4.69, 9.17) is 0 Å². The summed E-state index contributed by atoms with van der Waals surface area (Å²) in [5, 5.41) is 0. The molecule has 0 rings (SSSR count). The summed E-state index contributed by atoms with van der Waals surface area (Å²) in [5.41, 5.74) is 0. The van der Waals surface area contributed by atoms with Crippen LogP contribution in [0.2, 0.25) is 0 Å². The Bertz CT molecular complexity index is 233. The highest BCUT2D eigenvalue weighted by molar-refractivity contribution is 7.48. The summed E-state index contributed by atoms with van der Waals surface area (Å²) in [6.45, 7) is 2.12. The molecule has 14 heavy (non-hydrogen) atoms. The Morgan fingerprint density at radius 2 is 1.86 bits per heavy atom. The molecule has 0 fully saturated rings. The van der Waals surface area contributed by atoms with Gasteiger partial charge < -0.3 is 4.52 Å². The van der Waals surface area contributed by atoms with Crippen LogP contribution in [-0.2, 0) is 18.1 Å². The molecule has 0 bridgehead atoms. The fourth-order valence-electron chi connectivity index (χ4n) is 0.752. The molecule has 0 aromatic carbocycles. The molecule has 0 aliphatic heterocycles. The van der Waals surface area contributed by atoms with Crippen molar-refractivity contribution in [2.24, 2.45) is 0 Å². The van der Waals surface area contributed by atoms with E-state index in [1.54, 1.807) is 0 Å². The first kappa shape index (κ1) is 13.5. The zero-order chi connectivity index (χ0) is 10.9. The van der Waals surface area contributed by atoms with Gasteiger partial charge in [-0.15, -0.1) is 0 Å². The van der Waals surface area contributed by atoms with Gasteiger partial charge in [0.05, 0.1) is 0 Å². The second-order valence-electron chi connectivity index (χ2n) is 2.64. The summed E-state index contributed by atoms with van der Waals surface area (Å²) in [6, 6.07) is 0. The van der Waals surface area contributed by atoms with E-state index in [-0.39, 0.29) is 0 Å². The Balaban J connectivity index is 3.73. The third-order valence-electron chi connectivity index (χ3n) is 1.58. The van der Waals surface area contributed by atoms with Crippen LogP contribution in [-0.4, -0.2) is 14.2 Å². The van der Waals surface area contributed by atoms with E-state index in [1.807, 2.05) is 0 Å². The van der Waals surface area contributed by atoms with Crippen LogP contribution in [0.4, 0.5) is 0 Å². The Morgan fingerprint density at radius 1 is 1.21 bits per heavy atom. The molecule has 0 N–H and O–H groups in total.